The number of hydrazine groups is 1. The molecular weight excluding hydrogens is 474 g/mol. The molecule has 5 N–H and O–H groups in total. The van der Waals surface area contributed by atoms with Crippen LogP contribution >= 0.6 is 11.8 Å². The van der Waals surface area contributed by atoms with Crippen molar-refractivity contribution in [3.63, 3.8) is 0 Å². The molecule has 0 saturated carbocycles. The van der Waals surface area contributed by atoms with Gasteiger partial charge in [-0.2, -0.15) is 0 Å². The summed E-state index contributed by atoms with van der Waals surface area (Å²) in [5, 5.41) is 35.9. The van der Waals surface area contributed by atoms with E-state index in [1.807, 2.05) is 35.3 Å². The summed E-state index contributed by atoms with van der Waals surface area (Å²) < 4.78 is 0. The van der Waals surface area contributed by atoms with Crippen LogP contribution in [0.1, 0.15) is 29.8 Å². The molecule has 0 aliphatic heterocycles. The fourth-order valence-electron chi connectivity index (χ4n) is 3.75. The lowest BCUT2D eigenvalue weighted by Gasteiger charge is -2.32. The van der Waals surface area contributed by atoms with Crippen LogP contribution in [0.3, 0.4) is 0 Å². The van der Waals surface area contributed by atoms with Crippen molar-refractivity contribution in [2.24, 2.45) is 5.92 Å². The van der Waals surface area contributed by atoms with E-state index in [0.717, 1.165) is 10.6 Å². The first-order valence-corrected chi connectivity index (χ1v) is 13.0. The summed E-state index contributed by atoms with van der Waals surface area (Å²) in [7, 11) is 0. The number of hydrogen-bond acceptors (Lipinski definition) is 7. The van der Waals surface area contributed by atoms with Gasteiger partial charge in [0.1, 0.15) is 11.5 Å². The van der Waals surface area contributed by atoms with Crippen molar-refractivity contribution in [2.45, 2.75) is 37.8 Å². The van der Waals surface area contributed by atoms with E-state index in [2.05, 4.69) is 24.6 Å². The molecular formula is C28H35N3O4S. The smallest absolute Gasteiger partial charge is 0.252 e. The Morgan fingerprint density at radius 1 is 0.944 bits per heavy atom. The Morgan fingerprint density at radius 3 is 2.31 bits per heavy atom. The number of aliphatic hydroxyl groups excluding tert-OH is 1. The molecule has 0 bridgehead atoms. The summed E-state index contributed by atoms with van der Waals surface area (Å²) in [5.41, 5.74) is 4.96. The highest BCUT2D eigenvalue weighted by molar-refractivity contribution is 7.99. The van der Waals surface area contributed by atoms with Gasteiger partial charge in [0.25, 0.3) is 5.91 Å². The predicted molar refractivity (Wildman–Crippen MR) is 145 cm³/mol. The molecule has 0 spiro atoms. The quantitative estimate of drug-likeness (QED) is 0.138. The number of rotatable bonds is 12. The van der Waals surface area contributed by atoms with E-state index >= 15 is 0 Å². The number of amides is 1. The van der Waals surface area contributed by atoms with E-state index < -0.39 is 12.1 Å². The fourth-order valence-corrected chi connectivity index (χ4v) is 4.77. The second kappa shape index (κ2) is 13.2. The average molecular weight is 510 g/mol. The van der Waals surface area contributed by atoms with Crippen molar-refractivity contribution in [3.05, 3.63) is 83.9 Å². The average Bonchev–Trinajstić information content (AvgIpc) is 2.84. The van der Waals surface area contributed by atoms with Crippen LogP contribution in [0.4, 0.5) is 5.69 Å². The zero-order valence-corrected chi connectivity index (χ0v) is 21.7. The molecule has 0 saturated heterocycles. The van der Waals surface area contributed by atoms with Crippen molar-refractivity contribution in [2.75, 3.05) is 24.3 Å². The number of phenols is 2. The van der Waals surface area contributed by atoms with Crippen LogP contribution < -0.4 is 10.7 Å². The number of aromatic hydroxyl groups is 2. The number of anilines is 1. The molecule has 7 nitrogen and oxygen atoms in total. The monoisotopic (exact) mass is 509 g/mol. The molecule has 0 heterocycles. The Hall–Kier alpha value is -3.20. The van der Waals surface area contributed by atoms with Crippen molar-refractivity contribution < 1.29 is 20.1 Å². The molecule has 0 radical (unpaired) electrons. The van der Waals surface area contributed by atoms with Gasteiger partial charge >= 0.3 is 0 Å². The van der Waals surface area contributed by atoms with Crippen molar-refractivity contribution >= 4 is 23.4 Å². The number of aliphatic hydroxyl groups is 1. The third-order valence-electron chi connectivity index (χ3n) is 5.65. The van der Waals surface area contributed by atoms with Gasteiger partial charge in [0, 0.05) is 40.6 Å². The minimum absolute atomic E-state index is 0.0552. The van der Waals surface area contributed by atoms with Crippen LogP contribution in [0, 0.1) is 12.8 Å². The van der Waals surface area contributed by atoms with E-state index in [1.165, 1.54) is 0 Å². The number of phenolic OH excluding ortho intramolecular Hbond substituents is 2. The van der Waals surface area contributed by atoms with Gasteiger partial charge < -0.3 is 26.1 Å². The minimum Gasteiger partial charge on any atom is -0.508 e. The molecule has 0 fully saturated rings. The number of nitrogens with zero attached hydrogens (tertiary/aromatic N) is 1. The van der Waals surface area contributed by atoms with Gasteiger partial charge in [-0.1, -0.05) is 38.1 Å². The maximum atomic E-state index is 13.1. The minimum atomic E-state index is -0.883. The van der Waals surface area contributed by atoms with E-state index in [0.29, 0.717) is 29.3 Å². The highest BCUT2D eigenvalue weighted by Gasteiger charge is 2.26. The maximum Gasteiger partial charge on any atom is 0.252 e. The molecule has 0 aromatic heterocycles. The summed E-state index contributed by atoms with van der Waals surface area (Å²) in [5.74, 6) is 0.675. The Morgan fingerprint density at radius 2 is 1.64 bits per heavy atom. The maximum absolute atomic E-state index is 13.1. The van der Waals surface area contributed by atoms with Gasteiger partial charge in [-0.05, 0) is 61.4 Å². The molecule has 3 aromatic carbocycles. The molecule has 2 unspecified atom stereocenters. The summed E-state index contributed by atoms with van der Waals surface area (Å²) in [6.07, 6.45) is -0.883. The van der Waals surface area contributed by atoms with E-state index in [1.54, 1.807) is 61.2 Å². The largest absolute Gasteiger partial charge is 0.508 e. The standard InChI is InChI=1S/C28H35N3O4S/c1-19(2)16-31(30-21-12-14-22(32)15-13-21)17-27(34)25(18-36-23-8-5-4-6-9-23)29-28(35)24-10-7-11-26(33)20(24)3/h4-15,19,25,27,30,32-34H,16-18H2,1-3H3,(H,29,35). The lowest BCUT2D eigenvalue weighted by atomic mass is 10.1. The number of thioether (sulfide) groups is 1. The predicted octanol–water partition coefficient (Wildman–Crippen LogP) is 4.64. The van der Waals surface area contributed by atoms with Gasteiger partial charge in [-0.3, -0.25) is 4.79 Å². The van der Waals surface area contributed by atoms with Gasteiger partial charge in [-0.15, -0.1) is 11.8 Å². The third-order valence-corrected chi connectivity index (χ3v) is 6.78. The topological polar surface area (TPSA) is 105 Å². The first-order valence-electron chi connectivity index (χ1n) is 12.0. The lowest BCUT2D eigenvalue weighted by Crippen LogP contribution is -2.51. The molecule has 3 aromatic rings. The summed E-state index contributed by atoms with van der Waals surface area (Å²) in [4.78, 5) is 14.2. The van der Waals surface area contributed by atoms with Crippen molar-refractivity contribution in [3.8, 4) is 11.5 Å². The lowest BCUT2D eigenvalue weighted by molar-refractivity contribution is 0.0747. The Balaban J connectivity index is 1.77. The van der Waals surface area contributed by atoms with E-state index in [9.17, 15) is 20.1 Å². The number of hydrogen-bond donors (Lipinski definition) is 5. The molecule has 3 rings (SSSR count). The fraction of sp³-hybridized carbons (Fsp3) is 0.321. The Labute approximate surface area is 217 Å². The summed E-state index contributed by atoms with van der Waals surface area (Å²) in [6.45, 7) is 6.80. The van der Waals surface area contributed by atoms with Gasteiger partial charge in [0.15, 0.2) is 0 Å². The first-order chi connectivity index (χ1) is 17.2. The molecule has 2 atom stereocenters. The second-order valence-corrected chi connectivity index (χ2v) is 10.3. The zero-order chi connectivity index (χ0) is 26.1. The van der Waals surface area contributed by atoms with Crippen LogP contribution in [-0.4, -0.2) is 57.2 Å². The van der Waals surface area contributed by atoms with Crippen LogP contribution in [0.15, 0.2) is 77.7 Å². The Bertz CT molecular complexity index is 1110. The van der Waals surface area contributed by atoms with Crippen LogP contribution in [0.25, 0.3) is 0 Å². The van der Waals surface area contributed by atoms with Gasteiger partial charge in [0.05, 0.1) is 12.1 Å². The highest BCUT2D eigenvalue weighted by atomic mass is 32.2. The van der Waals surface area contributed by atoms with Gasteiger partial charge in [-0.25, -0.2) is 5.01 Å². The second-order valence-electron chi connectivity index (χ2n) is 9.18. The van der Waals surface area contributed by atoms with Crippen LogP contribution in [0.5, 0.6) is 11.5 Å². The van der Waals surface area contributed by atoms with E-state index in [4.69, 9.17) is 0 Å². The molecule has 8 heteroatoms. The molecule has 1 amide bonds. The SMILES string of the molecule is Cc1c(O)cccc1C(=O)NC(CSc1ccccc1)C(O)CN(CC(C)C)Nc1ccc(O)cc1. The molecule has 192 valence electrons. The summed E-state index contributed by atoms with van der Waals surface area (Å²) >= 11 is 1.56. The third kappa shape index (κ3) is 8.19. The molecule has 0 aliphatic carbocycles. The van der Waals surface area contributed by atoms with Gasteiger partial charge in [0.2, 0.25) is 0 Å². The highest BCUT2D eigenvalue weighted by Crippen LogP contribution is 2.22. The van der Waals surface area contributed by atoms with Crippen LogP contribution in [0.2, 0.25) is 0 Å². The number of benzene rings is 3. The molecule has 0 aliphatic rings. The Kier molecular flexibility index (Phi) is 10.0. The summed E-state index contributed by atoms with van der Waals surface area (Å²) in [6, 6.07) is 20.9. The molecule has 36 heavy (non-hydrogen) atoms. The zero-order valence-electron chi connectivity index (χ0n) is 20.9. The normalized spacial score (nSPS) is 12.9. The number of carbonyl (C=O) groups is 1. The number of carbonyl (C=O) groups excluding carboxylic acids is 1. The van der Waals surface area contributed by atoms with Crippen molar-refractivity contribution in [1.82, 2.24) is 10.3 Å². The van der Waals surface area contributed by atoms with E-state index in [-0.39, 0.29) is 24.0 Å². The number of nitrogens with one attached hydrogen (secondary N) is 2. The first kappa shape index (κ1) is 27.4. The van der Waals surface area contributed by atoms with Crippen LogP contribution in [-0.2, 0) is 0 Å². The van der Waals surface area contributed by atoms with Crippen molar-refractivity contribution in [1.29, 1.82) is 0 Å².